The van der Waals surface area contributed by atoms with E-state index in [-0.39, 0.29) is 10.7 Å². The number of hydrogen-bond donors (Lipinski definition) is 1. The summed E-state index contributed by atoms with van der Waals surface area (Å²) in [6.07, 6.45) is 0. The van der Waals surface area contributed by atoms with Crippen LogP contribution in [0, 0.1) is 20.8 Å². The van der Waals surface area contributed by atoms with Crippen LogP contribution < -0.4 is 4.72 Å². The lowest BCUT2D eigenvalue weighted by Crippen LogP contribution is -2.15. The van der Waals surface area contributed by atoms with Gasteiger partial charge in [-0.05, 0) is 44.5 Å². The quantitative estimate of drug-likeness (QED) is 0.928. The lowest BCUT2D eigenvalue weighted by Gasteiger charge is -2.10. The van der Waals surface area contributed by atoms with Gasteiger partial charge in [-0.3, -0.25) is 4.72 Å². The molecule has 1 aromatic carbocycles. The van der Waals surface area contributed by atoms with Crippen molar-refractivity contribution in [1.29, 1.82) is 0 Å². The van der Waals surface area contributed by atoms with Gasteiger partial charge < -0.3 is 4.52 Å². The third kappa shape index (κ3) is 2.82. The molecule has 5 nitrogen and oxygen atoms in total. The Labute approximate surface area is 120 Å². The number of aryl methyl sites for hydroxylation is 3. The molecule has 1 N–H and O–H groups in total. The van der Waals surface area contributed by atoms with Crippen molar-refractivity contribution in [3.05, 3.63) is 39.7 Å². The number of hydrogen-bond acceptors (Lipinski definition) is 4. The third-order valence-corrected chi connectivity index (χ3v) is 4.77. The minimum absolute atomic E-state index is 0.0924. The first kappa shape index (κ1) is 14.1. The maximum Gasteiger partial charge on any atom is 0.267 e. The van der Waals surface area contributed by atoms with Gasteiger partial charge in [0.05, 0.1) is 5.69 Å². The van der Waals surface area contributed by atoms with Crippen molar-refractivity contribution in [1.82, 2.24) is 5.16 Å². The molecule has 0 spiro atoms. The fraction of sp³-hybridized carbons (Fsp3) is 0.250. The molecule has 0 atom stereocenters. The molecule has 2 rings (SSSR count). The van der Waals surface area contributed by atoms with E-state index in [1.54, 1.807) is 26.0 Å². The molecule has 0 aliphatic carbocycles. The summed E-state index contributed by atoms with van der Waals surface area (Å²) >= 11 is 3.34. The van der Waals surface area contributed by atoms with Gasteiger partial charge in [-0.15, -0.1) is 0 Å². The van der Waals surface area contributed by atoms with Crippen LogP contribution >= 0.6 is 15.9 Å². The Balaban J connectivity index is 2.42. The maximum absolute atomic E-state index is 12.3. The Morgan fingerprint density at radius 2 is 1.95 bits per heavy atom. The number of nitrogens with zero attached hydrogens (tertiary/aromatic N) is 1. The van der Waals surface area contributed by atoms with Gasteiger partial charge in [0.2, 0.25) is 0 Å². The SMILES string of the molecule is Cc1cc(Br)ccc1NS(=O)(=O)c1c(C)noc1C. The Morgan fingerprint density at radius 3 is 2.47 bits per heavy atom. The van der Waals surface area contributed by atoms with Gasteiger partial charge in [0, 0.05) is 4.47 Å². The average Bonchev–Trinajstić information content (AvgIpc) is 2.63. The highest BCUT2D eigenvalue weighted by atomic mass is 79.9. The van der Waals surface area contributed by atoms with Crippen LogP contribution in [0.3, 0.4) is 0 Å². The summed E-state index contributed by atoms with van der Waals surface area (Å²) in [7, 11) is -3.69. The molecule has 7 heteroatoms. The monoisotopic (exact) mass is 344 g/mol. The van der Waals surface area contributed by atoms with E-state index in [9.17, 15) is 8.42 Å². The molecule has 19 heavy (non-hydrogen) atoms. The van der Waals surface area contributed by atoms with Crippen LogP contribution in [0.5, 0.6) is 0 Å². The van der Waals surface area contributed by atoms with Gasteiger partial charge in [-0.1, -0.05) is 21.1 Å². The van der Waals surface area contributed by atoms with Gasteiger partial charge in [0.1, 0.15) is 5.69 Å². The molecule has 2 aromatic rings. The van der Waals surface area contributed by atoms with Crippen LogP contribution in [0.1, 0.15) is 17.0 Å². The standard InChI is InChI=1S/C12H13BrN2O3S/c1-7-6-10(13)4-5-11(7)15-19(16,17)12-8(2)14-18-9(12)3/h4-6,15H,1-3H3. The third-order valence-electron chi connectivity index (χ3n) is 2.67. The van der Waals surface area contributed by atoms with E-state index in [0.29, 0.717) is 11.4 Å². The normalized spacial score (nSPS) is 11.6. The number of aromatic nitrogens is 1. The van der Waals surface area contributed by atoms with Crippen LogP contribution in [-0.4, -0.2) is 13.6 Å². The molecule has 0 unspecified atom stereocenters. The first-order chi connectivity index (χ1) is 8.81. The fourth-order valence-corrected chi connectivity index (χ4v) is 3.73. The van der Waals surface area contributed by atoms with Gasteiger partial charge in [-0.2, -0.15) is 0 Å². The van der Waals surface area contributed by atoms with Crippen LogP contribution in [-0.2, 0) is 10.0 Å². The summed E-state index contributed by atoms with van der Waals surface area (Å²) in [4.78, 5) is 0.0924. The summed E-state index contributed by atoms with van der Waals surface area (Å²) in [5.41, 5.74) is 1.70. The van der Waals surface area contributed by atoms with Gasteiger partial charge in [0.25, 0.3) is 10.0 Å². The lowest BCUT2D eigenvalue weighted by molar-refractivity contribution is 0.390. The first-order valence-corrected chi connectivity index (χ1v) is 7.81. The van der Waals surface area contributed by atoms with Crippen molar-refractivity contribution in [3.63, 3.8) is 0 Å². The minimum Gasteiger partial charge on any atom is -0.360 e. The molecule has 0 aliphatic rings. The molecule has 0 aliphatic heterocycles. The summed E-state index contributed by atoms with van der Waals surface area (Å²) in [6.45, 7) is 5.00. The number of halogens is 1. The van der Waals surface area contributed by atoms with Gasteiger partial charge in [0.15, 0.2) is 10.7 Å². The van der Waals surface area contributed by atoms with Gasteiger partial charge >= 0.3 is 0 Å². The predicted octanol–water partition coefficient (Wildman–Crippen LogP) is 3.16. The molecule has 0 saturated carbocycles. The average molecular weight is 345 g/mol. The molecule has 102 valence electrons. The van der Waals surface area contributed by atoms with Crippen molar-refractivity contribution in [2.75, 3.05) is 4.72 Å². The first-order valence-electron chi connectivity index (χ1n) is 5.53. The van der Waals surface area contributed by atoms with E-state index in [1.165, 1.54) is 0 Å². The van der Waals surface area contributed by atoms with Crippen molar-refractivity contribution in [2.45, 2.75) is 25.7 Å². The molecule has 1 aromatic heterocycles. The highest BCUT2D eigenvalue weighted by Gasteiger charge is 2.24. The van der Waals surface area contributed by atoms with Crippen LogP contribution in [0.15, 0.2) is 32.1 Å². The molecule has 0 fully saturated rings. The summed E-state index contributed by atoms with van der Waals surface area (Å²) in [5.74, 6) is 0.278. The smallest absolute Gasteiger partial charge is 0.267 e. The van der Waals surface area contributed by atoms with E-state index >= 15 is 0 Å². The topological polar surface area (TPSA) is 72.2 Å². The fourth-order valence-electron chi connectivity index (χ4n) is 1.80. The second-order valence-electron chi connectivity index (χ2n) is 4.22. The molecule has 0 amide bonds. The molecule has 0 bridgehead atoms. The van der Waals surface area contributed by atoms with E-state index in [4.69, 9.17) is 4.52 Å². The summed E-state index contributed by atoms with van der Waals surface area (Å²) in [6, 6.07) is 5.32. The Morgan fingerprint density at radius 1 is 1.26 bits per heavy atom. The highest BCUT2D eigenvalue weighted by molar-refractivity contribution is 9.10. The predicted molar refractivity (Wildman–Crippen MR) is 75.7 cm³/mol. The maximum atomic E-state index is 12.3. The second-order valence-corrected chi connectivity index (χ2v) is 6.75. The molecular formula is C12H13BrN2O3S. The largest absolute Gasteiger partial charge is 0.360 e. The van der Waals surface area contributed by atoms with Crippen LogP contribution in [0.4, 0.5) is 5.69 Å². The van der Waals surface area contributed by atoms with Crippen molar-refractivity contribution in [3.8, 4) is 0 Å². The summed E-state index contributed by atoms with van der Waals surface area (Å²) in [5, 5.41) is 3.66. The number of rotatable bonds is 3. The lowest BCUT2D eigenvalue weighted by atomic mass is 10.2. The van der Waals surface area contributed by atoms with E-state index in [1.807, 2.05) is 13.0 Å². The van der Waals surface area contributed by atoms with E-state index < -0.39 is 10.0 Å². The van der Waals surface area contributed by atoms with E-state index in [2.05, 4.69) is 25.8 Å². The van der Waals surface area contributed by atoms with Crippen molar-refractivity contribution < 1.29 is 12.9 Å². The molecule has 1 heterocycles. The zero-order valence-corrected chi connectivity index (χ0v) is 13.1. The Bertz CT molecular complexity index is 703. The minimum atomic E-state index is -3.69. The van der Waals surface area contributed by atoms with Crippen LogP contribution in [0.25, 0.3) is 0 Å². The highest BCUT2D eigenvalue weighted by Crippen LogP contribution is 2.25. The van der Waals surface area contributed by atoms with Crippen LogP contribution in [0.2, 0.25) is 0 Å². The Hall–Kier alpha value is -1.34. The molecule has 0 radical (unpaired) electrons. The second kappa shape index (κ2) is 4.97. The molecule has 0 saturated heterocycles. The number of anilines is 1. The molecular weight excluding hydrogens is 332 g/mol. The zero-order chi connectivity index (χ0) is 14.2. The van der Waals surface area contributed by atoms with Crippen molar-refractivity contribution >= 4 is 31.6 Å². The number of nitrogens with one attached hydrogen (secondary N) is 1. The Kier molecular flexibility index (Phi) is 3.69. The zero-order valence-electron chi connectivity index (χ0n) is 10.7. The number of sulfonamides is 1. The summed E-state index contributed by atoms with van der Waals surface area (Å²) < 4.78 is 33.0. The van der Waals surface area contributed by atoms with Crippen molar-refractivity contribution in [2.24, 2.45) is 0 Å². The van der Waals surface area contributed by atoms with Gasteiger partial charge in [-0.25, -0.2) is 8.42 Å². The van der Waals surface area contributed by atoms with E-state index in [0.717, 1.165) is 10.0 Å². The number of benzene rings is 1.